The van der Waals surface area contributed by atoms with Crippen LogP contribution in [-0.2, 0) is 4.79 Å². The Hall–Kier alpha value is -0.260. The number of hydrogen-bond acceptors (Lipinski definition) is 4. The van der Waals surface area contributed by atoms with Crippen LogP contribution in [0, 0.1) is 0 Å². The third-order valence-corrected chi connectivity index (χ3v) is 2.28. The summed E-state index contributed by atoms with van der Waals surface area (Å²) < 4.78 is 0. The van der Waals surface area contributed by atoms with Crippen LogP contribution >= 0.6 is 11.8 Å². The predicted molar refractivity (Wildman–Crippen MR) is 49.5 cm³/mol. The van der Waals surface area contributed by atoms with Crippen molar-refractivity contribution in [1.82, 2.24) is 5.32 Å². The second-order valence-electron chi connectivity index (χ2n) is 2.46. The van der Waals surface area contributed by atoms with Crippen molar-refractivity contribution in [3.63, 3.8) is 0 Å². The van der Waals surface area contributed by atoms with Gasteiger partial charge in [0.25, 0.3) is 0 Å². The van der Waals surface area contributed by atoms with E-state index in [9.17, 15) is 4.79 Å². The lowest BCUT2D eigenvalue weighted by molar-refractivity contribution is -0.148. The van der Waals surface area contributed by atoms with Gasteiger partial charge in [0.1, 0.15) is 0 Å². The molecule has 0 amide bonds. The molecule has 3 N–H and O–H groups in total. The van der Waals surface area contributed by atoms with Gasteiger partial charge in [0.15, 0.2) is 6.10 Å². The summed E-state index contributed by atoms with van der Waals surface area (Å²) in [4.78, 5) is 10.4. The molecule has 0 saturated carbocycles. The van der Waals surface area contributed by atoms with Gasteiger partial charge in [-0.3, -0.25) is 0 Å². The average molecular weight is 193 g/mol. The number of carboxylic acids is 1. The SMILES string of the molecule is CNC(CCSC)C(O)C(=O)O. The highest BCUT2D eigenvalue weighted by Crippen LogP contribution is 2.04. The van der Waals surface area contributed by atoms with Crippen molar-refractivity contribution in [3.05, 3.63) is 0 Å². The fourth-order valence-corrected chi connectivity index (χ4v) is 1.37. The number of carboxylic acid groups (broad SMARTS) is 1. The number of nitrogens with one attached hydrogen (secondary N) is 1. The molecule has 0 aromatic heterocycles. The molecule has 0 spiro atoms. The zero-order valence-electron chi connectivity index (χ0n) is 7.28. The van der Waals surface area contributed by atoms with E-state index in [0.717, 1.165) is 5.75 Å². The van der Waals surface area contributed by atoms with Crippen LogP contribution in [0.1, 0.15) is 6.42 Å². The molecular weight excluding hydrogens is 178 g/mol. The van der Waals surface area contributed by atoms with Gasteiger partial charge in [-0.1, -0.05) is 0 Å². The van der Waals surface area contributed by atoms with Gasteiger partial charge >= 0.3 is 5.97 Å². The maximum Gasteiger partial charge on any atom is 0.334 e. The molecular formula is C7H15NO3S. The molecule has 0 radical (unpaired) electrons. The fraction of sp³-hybridized carbons (Fsp3) is 0.857. The lowest BCUT2D eigenvalue weighted by Gasteiger charge is -2.18. The third kappa shape index (κ3) is 3.94. The second-order valence-corrected chi connectivity index (χ2v) is 3.45. The van der Waals surface area contributed by atoms with E-state index < -0.39 is 12.1 Å². The average Bonchev–Trinajstić information content (AvgIpc) is 2.05. The van der Waals surface area contributed by atoms with Crippen molar-refractivity contribution >= 4 is 17.7 Å². The van der Waals surface area contributed by atoms with E-state index in [0.29, 0.717) is 6.42 Å². The lowest BCUT2D eigenvalue weighted by Crippen LogP contribution is -2.42. The third-order valence-electron chi connectivity index (χ3n) is 1.64. The van der Waals surface area contributed by atoms with E-state index in [1.165, 1.54) is 0 Å². The number of aliphatic hydroxyl groups excluding tert-OH is 1. The van der Waals surface area contributed by atoms with Gasteiger partial charge in [-0.15, -0.1) is 0 Å². The van der Waals surface area contributed by atoms with Crippen LogP contribution in [0.5, 0.6) is 0 Å². The molecule has 0 heterocycles. The first kappa shape index (κ1) is 11.7. The smallest absolute Gasteiger partial charge is 0.334 e. The van der Waals surface area contributed by atoms with Gasteiger partial charge in [-0.05, 0) is 25.5 Å². The Morgan fingerprint density at radius 3 is 2.58 bits per heavy atom. The standard InChI is InChI=1S/C7H15NO3S/c1-8-5(3-4-12-2)6(9)7(10)11/h5-6,8-9H,3-4H2,1-2H3,(H,10,11). The largest absolute Gasteiger partial charge is 0.479 e. The quantitative estimate of drug-likeness (QED) is 0.544. The minimum Gasteiger partial charge on any atom is -0.479 e. The minimum absolute atomic E-state index is 0.352. The number of aliphatic carboxylic acids is 1. The first-order valence-corrected chi connectivity index (χ1v) is 5.10. The van der Waals surface area contributed by atoms with Crippen LogP contribution < -0.4 is 5.32 Å². The summed E-state index contributed by atoms with van der Waals surface area (Å²) in [5, 5.41) is 20.4. The monoisotopic (exact) mass is 193 g/mol. The van der Waals surface area contributed by atoms with E-state index in [4.69, 9.17) is 10.2 Å². The molecule has 0 aliphatic carbocycles. The maximum absolute atomic E-state index is 10.4. The van der Waals surface area contributed by atoms with Crippen LogP contribution in [0.25, 0.3) is 0 Å². The van der Waals surface area contributed by atoms with E-state index >= 15 is 0 Å². The summed E-state index contributed by atoms with van der Waals surface area (Å²) in [5.74, 6) is -0.328. The molecule has 0 aliphatic heterocycles. The van der Waals surface area contributed by atoms with Crippen LogP contribution in [0.2, 0.25) is 0 Å². The number of aliphatic hydroxyl groups is 1. The second kappa shape index (κ2) is 6.28. The number of carbonyl (C=O) groups is 1. The highest BCUT2D eigenvalue weighted by atomic mass is 32.2. The number of rotatable bonds is 6. The van der Waals surface area contributed by atoms with Gasteiger partial charge in [-0.25, -0.2) is 4.79 Å². The van der Waals surface area contributed by atoms with E-state index in [-0.39, 0.29) is 6.04 Å². The minimum atomic E-state index is -1.30. The molecule has 5 heteroatoms. The van der Waals surface area contributed by atoms with Crippen LogP contribution in [-0.4, -0.2) is 47.4 Å². The van der Waals surface area contributed by atoms with Gasteiger partial charge in [0, 0.05) is 6.04 Å². The molecule has 0 rings (SSSR count). The summed E-state index contributed by atoms with van der Waals surface area (Å²) in [5.41, 5.74) is 0. The van der Waals surface area contributed by atoms with Crippen molar-refractivity contribution in [2.24, 2.45) is 0 Å². The Morgan fingerprint density at radius 2 is 2.25 bits per heavy atom. The van der Waals surface area contributed by atoms with Gasteiger partial charge < -0.3 is 15.5 Å². The summed E-state index contributed by atoms with van der Waals surface area (Å²) in [6, 6.07) is -0.352. The predicted octanol–water partition coefficient (Wildman–Crippen LogP) is -0.227. The Bertz CT molecular complexity index is 143. The molecule has 0 aliphatic rings. The first-order chi connectivity index (χ1) is 5.63. The highest BCUT2D eigenvalue weighted by Gasteiger charge is 2.23. The van der Waals surface area contributed by atoms with Crippen molar-refractivity contribution in [3.8, 4) is 0 Å². The van der Waals surface area contributed by atoms with Crippen molar-refractivity contribution in [1.29, 1.82) is 0 Å². The molecule has 0 aromatic rings. The molecule has 72 valence electrons. The molecule has 2 atom stereocenters. The van der Waals surface area contributed by atoms with Gasteiger partial charge in [-0.2, -0.15) is 11.8 Å². The maximum atomic E-state index is 10.4. The Balaban J connectivity index is 3.87. The molecule has 0 aromatic carbocycles. The van der Waals surface area contributed by atoms with Crippen molar-refractivity contribution in [2.75, 3.05) is 19.1 Å². The van der Waals surface area contributed by atoms with Crippen LogP contribution in [0.15, 0.2) is 0 Å². The normalized spacial score (nSPS) is 15.6. The van der Waals surface area contributed by atoms with Crippen molar-refractivity contribution in [2.45, 2.75) is 18.6 Å². The Labute approximate surface area is 76.4 Å². The molecule has 0 bridgehead atoms. The lowest BCUT2D eigenvalue weighted by atomic mass is 10.1. The summed E-state index contributed by atoms with van der Waals surface area (Å²) in [6.45, 7) is 0. The first-order valence-electron chi connectivity index (χ1n) is 3.70. The van der Waals surface area contributed by atoms with E-state index in [1.54, 1.807) is 18.8 Å². The van der Waals surface area contributed by atoms with Crippen molar-refractivity contribution < 1.29 is 15.0 Å². The summed E-state index contributed by atoms with van der Waals surface area (Å²) in [7, 11) is 1.65. The Morgan fingerprint density at radius 1 is 1.67 bits per heavy atom. The summed E-state index contributed by atoms with van der Waals surface area (Å²) >= 11 is 1.63. The van der Waals surface area contributed by atoms with Gasteiger partial charge in [0.05, 0.1) is 0 Å². The van der Waals surface area contributed by atoms with E-state index in [1.807, 2.05) is 6.26 Å². The highest BCUT2D eigenvalue weighted by molar-refractivity contribution is 7.98. The molecule has 0 saturated heterocycles. The summed E-state index contributed by atoms with van der Waals surface area (Å²) in [6.07, 6.45) is 1.30. The zero-order valence-corrected chi connectivity index (χ0v) is 8.10. The van der Waals surface area contributed by atoms with Crippen LogP contribution in [0.3, 0.4) is 0 Å². The number of thioether (sulfide) groups is 1. The Kier molecular flexibility index (Phi) is 6.14. The van der Waals surface area contributed by atoms with Gasteiger partial charge in [0.2, 0.25) is 0 Å². The van der Waals surface area contributed by atoms with Crippen LogP contribution in [0.4, 0.5) is 0 Å². The molecule has 4 nitrogen and oxygen atoms in total. The number of likely N-dealkylation sites (N-methyl/N-ethyl adjacent to an activating group) is 1. The number of hydrogen-bond donors (Lipinski definition) is 3. The zero-order chi connectivity index (χ0) is 9.56. The molecule has 2 unspecified atom stereocenters. The van der Waals surface area contributed by atoms with E-state index in [2.05, 4.69) is 5.32 Å². The topological polar surface area (TPSA) is 69.6 Å². The molecule has 0 fully saturated rings. The fourth-order valence-electron chi connectivity index (χ4n) is 0.877. The molecule has 12 heavy (non-hydrogen) atoms.